The summed E-state index contributed by atoms with van der Waals surface area (Å²) in [5.41, 5.74) is 4.87. The fourth-order valence-electron chi connectivity index (χ4n) is 3.61. The Hall–Kier alpha value is -3.61. The Kier molecular flexibility index (Phi) is 6.02. The Bertz CT molecular complexity index is 1040. The van der Waals surface area contributed by atoms with E-state index in [0.717, 1.165) is 52.7 Å². The van der Waals surface area contributed by atoms with Crippen molar-refractivity contribution in [2.45, 2.75) is 13.8 Å². The molecule has 7 heteroatoms. The number of rotatable bonds is 4. The van der Waals surface area contributed by atoms with Crippen molar-refractivity contribution in [1.82, 2.24) is 15.1 Å². The van der Waals surface area contributed by atoms with Crippen LogP contribution in [0.2, 0.25) is 0 Å². The van der Waals surface area contributed by atoms with Crippen LogP contribution in [0.4, 0.5) is 16.3 Å². The van der Waals surface area contributed by atoms with Gasteiger partial charge in [0.25, 0.3) is 0 Å². The lowest BCUT2D eigenvalue weighted by molar-refractivity contribution is 0.208. The number of hydrogen-bond acceptors (Lipinski definition) is 5. The second-order valence-electron chi connectivity index (χ2n) is 7.73. The molecule has 1 N–H and O–H groups in total. The first-order valence-corrected chi connectivity index (χ1v) is 10.4. The van der Waals surface area contributed by atoms with Crippen LogP contribution in [-0.2, 0) is 0 Å². The molecule has 0 bridgehead atoms. The van der Waals surface area contributed by atoms with E-state index in [4.69, 9.17) is 4.74 Å². The van der Waals surface area contributed by atoms with E-state index in [1.807, 2.05) is 73.3 Å². The van der Waals surface area contributed by atoms with Gasteiger partial charge in [0.2, 0.25) is 0 Å². The topological polar surface area (TPSA) is 70.6 Å². The highest BCUT2D eigenvalue weighted by Crippen LogP contribution is 2.22. The van der Waals surface area contributed by atoms with Crippen LogP contribution >= 0.6 is 0 Å². The molecule has 0 atom stereocenters. The van der Waals surface area contributed by atoms with Crippen LogP contribution in [0, 0.1) is 13.8 Å². The normalized spacial score (nSPS) is 13.8. The molecule has 3 aromatic rings. The predicted molar refractivity (Wildman–Crippen MR) is 123 cm³/mol. The molecule has 160 valence electrons. The zero-order valence-corrected chi connectivity index (χ0v) is 18.1. The van der Waals surface area contributed by atoms with Gasteiger partial charge in [-0.3, -0.25) is 0 Å². The fourth-order valence-corrected chi connectivity index (χ4v) is 3.61. The molecule has 2 amide bonds. The summed E-state index contributed by atoms with van der Waals surface area (Å²) in [6.45, 7) is 6.74. The summed E-state index contributed by atoms with van der Waals surface area (Å²) in [4.78, 5) is 16.7. The van der Waals surface area contributed by atoms with E-state index in [1.165, 1.54) is 0 Å². The molecular weight excluding hydrogens is 390 g/mol. The number of aromatic nitrogens is 2. The first kappa shape index (κ1) is 20.7. The van der Waals surface area contributed by atoms with Gasteiger partial charge < -0.3 is 19.9 Å². The van der Waals surface area contributed by atoms with Crippen molar-refractivity contribution < 1.29 is 9.53 Å². The largest absolute Gasteiger partial charge is 0.497 e. The summed E-state index contributed by atoms with van der Waals surface area (Å²) >= 11 is 0. The summed E-state index contributed by atoms with van der Waals surface area (Å²) in [6, 6.07) is 17.7. The van der Waals surface area contributed by atoms with Crippen molar-refractivity contribution in [3.8, 4) is 17.0 Å². The molecule has 1 saturated heterocycles. The second kappa shape index (κ2) is 9.04. The molecule has 1 fully saturated rings. The Balaban J connectivity index is 1.35. The van der Waals surface area contributed by atoms with E-state index >= 15 is 0 Å². The van der Waals surface area contributed by atoms with Crippen LogP contribution in [0.5, 0.6) is 5.75 Å². The average molecular weight is 418 g/mol. The lowest BCUT2D eigenvalue weighted by Crippen LogP contribution is -2.50. The maximum absolute atomic E-state index is 12.7. The Morgan fingerprint density at radius 1 is 0.935 bits per heavy atom. The highest BCUT2D eigenvalue weighted by molar-refractivity contribution is 5.90. The fraction of sp³-hybridized carbons (Fsp3) is 0.292. The van der Waals surface area contributed by atoms with Gasteiger partial charge in [-0.15, -0.1) is 10.2 Å². The summed E-state index contributed by atoms with van der Waals surface area (Å²) in [5.74, 6) is 1.64. The van der Waals surface area contributed by atoms with Crippen molar-refractivity contribution in [3.05, 3.63) is 65.7 Å². The predicted octanol–water partition coefficient (Wildman–Crippen LogP) is 4.12. The molecule has 1 aliphatic rings. The molecule has 7 nitrogen and oxygen atoms in total. The van der Waals surface area contributed by atoms with Crippen molar-refractivity contribution in [1.29, 1.82) is 0 Å². The number of carbonyl (C=O) groups excluding carboxylic acids is 1. The van der Waals surface area contributed by atoms with Gasteiger partial charge in [-0.2, -0.15) is 0 Å². The molecule has 2 aromatic carbocycles. The van der Waals surface area contributed by atoms with Gasteiger partial charge >= 0.3 is 6.03 Å². The maximum atomic E-state index is 12.7. The van der Waals surface area contributed by atoms with Crippen LogP contribution in [0.15, 0.2) is 54.6 Å². The van der Waals surface area contributed by atoms with Gasteiger partial charge in [-0.1, -0.05) is 12.1 Å². The highest BCUT2D eigenvalue weighted by Gasteiger charge is 2.22. The second-order valence-corrected chi connectivity index (χ2v) is 7.73. The minimum absolute atomic E-state index is 0.0608. The molecular formula is C24H27N5O2. The van der Waals surface area contributed by atoms with E-state index in [-0.39, 0.29) is 6.03 Å². The average Bonchev–Trinajstić information content (AvgIpc) is 2.82. The number of nitrogens with one attached hydrogen (secondary N) is 1. The number of methoxy groups -OCH3 is 1. The summed E-state index contributed by atoms with van der Waals surface area (Å²) in [7, 11) is 1.65. The molecule has 0 saturated carbocycles. The quantitative estimate of drug-likeness (QED) is 0.691. The van der Waals surface area contributed by atoms with Crippen molar-refractivity contribution in [2.24, 2.45) is 0 Å². The van der Waals surface area contributed by atoms with Gasteiger partial charge in [0.1, 0.15) is 5.75 Å². The molecule has 1 aromatic heterocycles. The van der Waals surface area contributed by atoms with E-state index < -0.39 is 0 Å². The minimum Gasteiger partial charge on any atom is -0.497 e. The molecule has 1 aliphatic heterocycles. The minimum atomic E-state index is -0.0608. The van der Waals surface area contributed by atoms with E-state index in [9.17, 15) is 4.79 Å². The van der Waals surface area contributed by atoms with E-state index in [2.05, 4.69) is 20.4 Å². The highest BCUT2D eigenvalue weighted by atomic mass is 16.5. The van der Waals surface area contributed by atoms with Gasteiger partial charge in [0.15, 0.2) is 5.82 Å². The molecule has 0 unspecified atom stereocenters. The summed E-state index contributed by atoms with van der Waals surface area (Å²) < 4.78 is 5.20. The number of piperazine rings is 1. The Morgan fingerprint density at radius 3 is 2.32 bits per heavy atom. The lowest BCUT2D eigenvalue weighted by atomic mass is 10.1. The number of benzene rings is 2. The first-order valence-electron chi connectivity index (χ1n) is 10.4. The Morgan fingerprint density at radius 2 is 1.68 bits per heavy atom. The van der Waals surface area contributed by atoms with Gasteiger partial charge in [0, 0.05) is 37.4 Å². The molecule has 31 heavy (non-hydrogen) atoms. The zero-order valence-electron chi connectivity index (χ0n) is 18.1. The van der Waals surface area contributed by atoms with Crippen LogP contribution < -0.4 is 15.0 Å². The molecule has 0 spiro atoms. The third kappa shape index (κ3) is 4.77. The van der Waals surface area contributed by atoms with Gasteiger partial charge in [0.05, 0.1) is 12.8 Å². The standard InChI is InChI=1S/C24H27N5O2/c1-17-4-5-18(2)22(16-17)25-24(30)29-14-12-28(13-15-29)23-11-10-21(26-27-23)19-6-8-20(31-3)9-7-19/h4-11,16H,12-15H2,1-3H3,(H,25,30). The number of hydrogen-bond donors (Lipinski definition) is 1. The molecule has 2 heterocycles. The number of amides is 2. The zero-order chi connectivity index (χ0) is 21.8. The number of carbonyl (C=O) groups is 1. The van der Waals surface area contributed by atoms with Crippen molar-refractivity contribution in [2.75, 3.05) is 43.5 Å². The first-order chi connectivity index (χ1) is 15.0. The Labute approximate surface area is 182 Å². The van der Waals surface area contributed by atoms with Crippen molar-refractivity contribution >= 4 is 17.5 Å². The number of urea groups is 1. The van der Waals surface area contributed by atoms with E-state index in [0.29, 0.717) is 13.1 Å². The lowest BCUT2D eigenvalue weighted by Gasteiger charge is -2.35. The third-order valence-electron chi connectivity index (χ3n) is 5.56. The summed E-state index contributed by atoms with van der Waals surface area (Å²) in [5, 5.41) is 11.8. The third-order valence-corrected chi connectivity index (χ3v) is 5.56. The van der Waals surface area contributed by atoms with Gasteiger partial charge in [-0.25, -0.2) is 4.79 Å². The molecule has 0 radical (unpaired) electrons. The van der Waals surface area contributed by atoms with Crippen molar-refractivity contribution in [3.63, 3.8) is 0 Å². The molecule has 0 aliphatic carbocycles. The molecule has 4 rings (SSSR count). The number of aryl methyl sites for hydroxylation is 2. The van der Waals surface area contributed by atoms with Crippen LogP contribution in [0.1, 0.15) is 11.1 Å². The monoisotopic (exact) mass is 417 g/mol. The summed E-state index contributed by atoms with van der Waals surface area (Å²) in [6.07, 6.45) is 0. The number of nitrogens with zero attached hydrogens (tertiary/aromatic N) is 4. The SMILES string of the molecule is COc1ccc(-c2ccc(N3CCN(C(=O)Nc4cc(C)ccc4C)CC3)nn2)cc1. The maximum Gasteiger partial charge on any atom is 0.321 e. The van der Waals surface area contributed by atoms with Gasteiger partial charge in [-0.05, 0) is 67.4 Å². The van der Waals surface area contributed by atoms with E-state index in [1.54, 1.807) is 7.11 Å². The van der Waals surface area contributed by atoms with Crippen LogP contribution in [0.25, 0.3) is 11.3 Å². The van der Waals surface area contributed by atoms with Crippen LogP contribution in [0.3, 0.4) is 0 Å². The number of ether oxygens (including phenoxy) is 1. The smallest absolute Gasteiger partial charge is 0.321 e. The number of anilines is 2. The van der Waals surface area contributed by atoms with Crippen LogP contribution in [-0.4, -0.2) is 54.4 Å².